The summed E-state index contributed by atoms with van der Waals surface area (Å²) in [4.78, 5) is 19.3. The van der Waals surface area contributed by atoms with Gasteiger partial charge < -0.3 is 14.4 Å². The minimum Gasteiger partial charge on any atom is -0.454 e. The molecule has 30 heavy (non-hydrogen) atoms. The molecule has 2 aromatic carbocycles. The number of ketones is 1. The van der Waals surface area contributed by atoms with Crippen LogP contribution in [0.1, 0.15) is 27.7 Å². The van der Waals surface area contributed by atoms with Crippen LogP contribution in [-0.2, 0) is 0 Å². The Morgan fingerprint density at radius 3 is 2.50 bits per heavy atom. The van der Waals surface area contributed by atoms with Crippen molar-refractivity contribution in [3.05, 3.63) is 76.5 Å². The van der Waals surface area contributed by atoms with Gasteiger partial charge in [-0.1, -0.05) is 24.3 Å². The van der Waals surface area contributed by atoms with Crippen LogP contribution < -0.4 is 14.4 Å². The predicted molar refractivity (Wildman–Crippen MR) is 119 cm³/mol. The minimum atomic E-state index is 0.0980. The molecule has 1 unspecified atom stereocenters. The molecule has 0 spiro atoms. The molecule has 2 aliphatic heterocycles. The number of ether oxygens (including phenoxy) is 2. The molecule has 5 rings (SSSR count). The second kappa shape index (κ2) is 8.50. The van der Waals surface area contributed by atoms with E-state index in [1.165, 1.54) is 10.6 Å². The van der Waals surface area contributed by atoms with Crippen molar-refractivity contribution in [2.24, 2.45) is 0 Å². The van der Waals surface area contributed by atoms with E-state index in [-0.39, 0.29) is 18.6 Å². The Morgan fingerprint density at radius 1 is 0.933 bits per heavy atom. The number of para-hydroxylation sites is 1. The highest BCUT2D eigenvalue weighted by Gasteiger charge is 2.28. The van der Waals surface area contributed by atoms with Gasteiger partial charge in [-0.25, -0.2) is 0 Å². The Morgan fingerprint density at radius 2 is 1.73 bits per heavy atom. The number of nitrogens with zero attached hydrogens (tertiary/aromatic N) is 2. The molecule has 2 aliphatic rings. The first-order valence-corrected chi connectivity index (χ1v) is 11.2. The number of rotatable bonds is 6. The molecular weight excluding hydrogens is 396 g/mol. The Bertz CT molecular complexity index is 999. The average Bonchev–Trinajstić information content (AvgIpc) is 3.49. The van der Waals surface area contributed by atoms with Gasteiger partial charge >= 0.3 is 0 Å². The summed E-state index contributed by atoms with van der Waals surface area (Å²) in [6.45, 7) is 4.02. The zero-order chi connectivity index (χ0) is 20.3. The van der Waals surface area contributed by atoms with Crippen molar-refractivity contribution in [2.75, 3.05) is 37.9 Å². The zero-order valence-corrected chi connectivity index (χ0v) is 17.5. The average molecular weight is 421 g/mol. The maximum Gasteiger partial charge on any atom is 0.231 e. The number of carbonyl (C=O) groups is 1. The van der Waals surface area contributed by atoms with Crippen molar-refractivity contribution in [1.29, 1.82) is 0 Å². The first-order chi connectivity index (χ1) is 14.8. The number of fused-ring (bicyclic) bond motifs is 1. The smallest absolute Gasteiger partial charge is 0.231 e. The van der Waals surface area contributed by atoms with Gasteiger partial charge in [0.2, 0.25) is 6.79 Å². The van der Waals surface area contributed by atoms with E-state index in [9.17, 15) is 4.79 Å². The van der Waals surface area contributed by atoms with E-state index in [1.54, 1.807) is 11.3 Å². The molecule has 0 amide bonds. The summed E-state index contributed by atoms with van der Waals surface area (Å²) in [5.41, 5.74) is 1.95. The summed E-state index contributed by atoms with van der Waals surface area (Å²) in [5.74, 6) is 1.50. The summed E-state index contributed by atoms with van der Waals surface area (Å²) in [7, 11) is 0. The van der Waals surface area contributed by atoms with Gasteiger partial charge in [0.05, 0.1) is 6.04 Å². The maximum atomic E-state index is 13.1. The number of benzene rings is 2. The van der Waals surface area contributed by atoms with E-state index in [4.69, 9.17) is 9.47 Å². The molecule has 3 heterocycles. The predicted octanol–water partition coefficient (Wildman–Crippen LogP) is 4.61. The van der Waals surface area contributed by atoms with Gasteiger partial charge in [-0.05, 0) is 41.8 Å². The lowest BCUT2D eigenvalue weighted by molar-refractivity contribution is 0.0912. The van der Waals surface area contributed by atoms with Gasteiger partial charge in [0.25, 0.3) is 0 Å². The quantitative estimate of drug-likeness (QED) is 0.545. The van der Waals surface area contributed by atoms with Crippen LogP contribution in [0.15, 0.2) is 66.0 Å². The van der Waals surface area contributed by atoms with Crippen molar-refractivity contribution in [2.45, 2.75) is 12.5 Å². The van der Waals surface area contributed by atoms with Crippen molar-refractivity contribution >= 4 is 22.8 Å². The van der Waals surface area contributed by atoms with Crippen LogP contribution in [-0.4, -0.2) is 43.7 Å². The SMILES string of the molecule is O=C(CC(c1cccs1)N1CCN(c2ccccc2)CC1)c1ccc2c(c1)OCO2. The highest BCUT2D eigenvalue weighted by Crippen LogP contribution is 2.35. The third-order valence-corrected chi connectivity index (χ3v) is 6.79. The summed E-state index contributed by atoms with van der Waals surface area (Å²) >= 11 is 1.73. The normalized spacial score (nSPS) is 17.1. The Labute approximate surface area is 180 Å². The van der Waals surface area contributed by atoms with Gasteiger partial charge in [-0.15, -0.1) is 11.3 Å². The second-order valence-corrected chi connectivity index (χ2v) is 8.56. The second-order valence-electron chi connectivity index (χ2n) is 7.59. The van der Waals surface area contributed by atoms with Gasteiger partial charge in [0, 0.05) is 48.7 Å². The highest BCUT2D eigenvalue weighted by atomic mass is 32.1. The fraction of sp³-hybridized carbons (Fsp3) is 0.292. The van der Waals surface area contributed by atoms with E-state index in [1.807, 2.05) is 24.3 Å². The zero-order valence-electron chi connectivity index (χ0n) is 16.7. The number of Topliss-reactive ketones (excluding diaryl/α,β-unsaturated/α-hetero) is 1. The molecule has 0 N–H and O–H groups in total. The van der Waals surface area contributed by atoms with Crippen LogP contribution in [0.4, 0.5) is 5.69 Å². The summed E-state index contributed by atoms with van der Waals surface area (Å²) in [6.07, 6.45) is 0.464. The van der Waals surface area contributed by atoms with Gasteiger partial charge in [0.15, 0.2) is 17.3 Å². The number of hydrogen-bond acceptors (Lipinski definition) is 6. The van der Waals surface area contributed by atoms with E-state index in [0.717, 1.165) is 26.2 Å². The fourth-order valence-corrected chi connectivity index (χ4v) is 5.05. The summed E-state index contributed by atoms with van der Waals surface area (Å²) < 4.78 is 10.8. The molecule has 0 saturated carbocycles. The van der Waals surface area contributed by atoms with Crippen LogP contribution in [0.3, 0.4) is 0 Å². The summed E-state index contributed by atoms with van der Waals surface area (Å²) in [6, 6.07) is 20.3. The molecule has 6 heteroatoms. The van der Waals surface area contributed by atoms with Crippen molar-refractivity contribution < 1.29 is 14.3 Å². The molecule has 1 fully saturated rings. The number of anilines is 1. The third kappa shape index (κ3) is 3.93. The Balaban J connectivity index is 1.30. The lowest BCUT2D eigenvalue weighted by Crippen LogP contribution is -2.48. The van der Waals surface area contributed by atoms with Crippen molar-refractivity contribution in [1.82, 2.24) is 4.90 Å². The standard InChI is InChI=1S/C24H24N2O3S/c27-21(18-8-9-22-23(15-18)29-17-28-22)16-20(24-7-4-14-30-24)26-12-10-25(11-13-26)19-5-2-1-3-6-19/h1-9,14-15,20H,10-13,16-17H2. The van der Waals surface area contributed by atoms with Crippen molar-refractivity contribution in [3.63, 3.8) is 0 Å². The third-order valence-electron chi connectivity index (χ3n) is 5.82. The van der Waals surface area contributed by atoms with E-state index in [2.05, 4.69) is 51.6 Å². The molecule has 0 radical (unpaired) electrons. The lowest BCUT2D eigenvalue weighted by Gasteiger charge is -2.40. The van der Waals surface area contributed by atoms with Gasteiger partial charge in [-0.2, -0.15) is 0 Å². The Kier molecular flexibility index (Phi) is 5.43. The minimum absolute atomic E-state index is 0.0980. The Hall–Kier alpha value is -2.83. The summed E-state index contributed by atoms with van der Waals surface area (Å²) in [5, 5.41) is 2.09. The van der Waals surface area contributed by atoms with E-state index < -0.39 is 0 Å². The topological polar surface area (TPSA) is 42.0 Å². The molecule has 5 nitrogen and oxygen atoms in total. The molecule has 1 saturated heterocycles. The largest absolute Gasteiger partial charge is 0.454 e. The highest BCUT2D eigenvalue weighted by molar-refractivity contribution is 7.10. The molecule has 3 aromatic rings. The van der Waals surface area contributed by atoms with Crippen LogP contribution >= 0.6 is 11.3 Å². The van der Waals surface area contributed by atoms with Crippen LogP contribution in [0.25, 0.3) is 0 Å². The molecule has 1 atom stereocenters. The number of carbonyl (C=O) groups excluding carboxylic acids is 1. The molecule has 1 aromatic heterocycles. The van der Waals surface area contributed by atoms with Gasteiger partial charge in [0.1, 0.15) is 0 Å². The van der Waals surface area contributed by atoms with Gasteiger partial charge in [-0.3, -0.25) is 9.69 Å². The molecule has 0 bridgehead atoms. The van der Waals surface area contributed by atoms with Crippen LogP contribution in [0.5, 0.6) is 11.5 Å². The van der Waals surface area contributed by atoms with Crippen molar-refractivity contribution in [3.8, 4) is 11.5 Å². The molecule has 0 aliphatic carbocycles. The van der Waals surface area contributed by atoms with Crippen LogP contribution in [0, 0.1) is 0 Å². The van der Waals surface area contributed by atoms with E-state index >= 15 is 0 Å². The number of hydrogen-bond donors (Lipinski definition) is 0. The van der Waals surface area contributed by atoms with E-state index in [0.29, 0.717) is 23.5 Å². The van der Waals surface area contributed by atoms with Crippen LogP contribution in [0.2, 0.25) is 0 Å². The molecule has 154 valence electrons. The monoisotopic (exact) mass is 420 g/mol. The number of piperazine rings is 1. The maximum absolute atomic E-state index is 13.1. The fourth-order valence-electron chi connectivity index (χ4n) is 4.18. The lowest BCUT2D eigenvalue weighted by atomic mass is 10.00. The molecular formula is C24H24N2O3S. The number of thiophene rings is 1. The first-order valence-electron chi connectivity index (χ1n) is 10.3. The first kappa shape index (κ1) is 19.2.